The average molecular weight is 687 g/mol. The molecule has 0 unspecified atom stereocenters. The van der Waals surface area contributed by atoms with Crippen molar-refractivity contribution in [2.24, 2.45) is 5.73 Å². The van der Waals surface area contributed by atoms with Crippen molar-refractivity contribution in [2.75, 3.05) is 5.73 Å². The van der Waals surface area contributed by atoms with Gasteiger partial charge in [0.1, 0.15) is 12.4 Å². The van der Waals surface area contributed by atoms with Crippen molar-refractivity contribution in [3.63, 3.8) is 0 Å². The molecule has 4 N–H and O–H groups in total. The number of fused-ring (bicyclic) bond motifs is 4. The molecule has 0 atom stereocenters. The van der Waals surface area contributed by atoms with Gasteiger partial charge < -0.3 is 25.3 Å². The van der Waals surface area contributed by atoms with Gasteiger partial charge in [0.05, 0.1) is 27.9 Å². The number of ether oxygens (including phenoxy) is 1. The van der Waals surface area contributed by atoms with Gasteiger partial charge in [-0.3, -0.25) is 0 Å². The van der Waals surface area contributed by atoms with E-state index in [0.717, 1.165) is 66.9 Å². The van der Waals surface area contributed by atoms with Gasteiger partial charge in [-0.15, -0.1) is 0 Å². The van der Waals surface area contributed by atoms with Gasteiger partial charge in [0.15, 0.2) is 0 Å². The number of hydrogen-bond acceptors (Lipinski definition) is 3. The van der Waals surface area contributed by atoms with Crippen LogP contribution >= 0.6 is 0 Å². The minimum absolute atomic E-state index is 0.407. The van der Waals surface area contributed by atoms with Crippen molar-refractivity contribution >= 4 is 44.5 Å². The predicted molar refractivity (Wildman–Crippen MR) is 222 cm³/mol. The maximum absolute atomic E-state index is 7.05. The normalized spacial score (nSPS) is 11.6. The molecule has 0 aliphatic rings. The molecule has 0 aliphatic carbocycles. The Kier molecular flexibility index (Phi) is 8.01. The highest BCUT2D eigenvalue weighted by molar-refractivity contribution is 6.10. The summed E-state index contributed by atoms with van der Waals surface area (Å²) in [5, 5.41) is 3.52. The molecule has 7 aromatic carbocycles. The van der Waals surface area contributed by atoms with Crippen molar-refractivity contribution in [3.05, 3.63) is 187 Å². The monoisotopic (exact) mass is 686 g/mol. The topological polar surface area (TPSA) is 71.1 Å². The Morgan fingerprint density at radius 2 is 1.13 bits per heavy atom. The number of hydrogen-bond donors (Lipinski definition) is 2. The molecule has 2 heterocycles. The van der Waals surface area contributed by atoms with Crippen LogP contribution in [0.3, 0.4) is 0 Å². The second-order valence-corrected chi connectivity index (χ2v) is 13.4. The highest BCUT2D eigenvalue weighted by Crippen LogP contribution is 2.42. The average Bonchev–Trinajstić information content (AvgIpc) is 3.69. The van der Waals surface area contributed by atoms with E-state index in [1.807, 2.05) is 30.3 Å². The van der Waals surface area contributed by atoms with E-state index in [1.165, 1.54) is 16.3 Å². The van der Waals surface area contributed by atoms with Crippen molar-refractivity contribution in [1.29, 1.82) is 0 Å². The zero-order valence-corrected chi connectivity index (χ0v) is 29.4. The summed E-state index contributed by atoms with van der Waals surface area (Å²) in [5.41, 5.74) is 26.6. The molecule has 2 aromatic heterocycles. The largest absolute Gasteiger partial charge is 0.487 e. The van der Waals surface area contributed by atoms with Crippen molar-refractivity contribution < 1.29 is 4.74 Å². The summed E-state index contributed by atoms with van der Waals surface area (Å²) in [5.74, 6) is 0.651. The minimum Gasteiger partial charge on any atom is -0.487 e. The number of para-hydroxylation sites is 3. The quantitative estimate of drug-likeness (QED) is 0.156. The Bertz CT molecular complexity index is 2800. The molecular formula is C48H38N4O. The first-order chi connectivity index (χ1) is 26.1. The molecule has 0 saturated heterocycles. The maximum atomic E-state index is 7.05. The summed E-state index contributed by atoms with van der Waals surface area (Å²) >= 11 is 0. The van der Waals surface area contributed by atoms with E-state index in [0.29, 0.717) is 18.0 Å². The third kappa shape index (κ3) is 5.60. The molecule has 0 bridgehead atoms. The van der Waals surface area contributed by atoms with Gasteiger partial charge in [0.25, 0.3) is 0 Å². The Morgan fingerprint density at radius 1 is 0.547 bits per heavy atom. The van der Waals surface area contributed by atoms with Crippen LogP contribution in [-0.2, 0) is 6.61 Å². The van der Waals surface area contributed by atoms with Gasteiger partial charge in [0, 0.05) is 33.1 Å². The molecule has 0 fully saturated rings. The number of aromatic nitrogens is 2. The first-order valence-corrected chi connectivity index (χ1v) is 17.9. The zero-order chi connectivity index (χ0) is 35.9. The molecular weight excluding hydrogens is 649 g/mol. The van der Waals surface area contributed by atoms with E-state index in [9.17, 15) is 0 Å². The number of rotatable bonds is 8. The summed E-state index contributed by atoms with van der Waals surface area (Å²) in [6, 6.07) is 57.3. The highest BCUT2D eigenvalue weighted by atomic mass is 16.5. The molecule has 0 amide bonds. The van der Waals surface area contributed by atoms with Gasteiger partial charge in [-0.2, -0.15) is 0 Å². The third-order valence-electron chi connectivity index (χ3n) is 10.2. The summed E-state index contributed by atoms with van der Waals surface area (Å²) in [7, 11) is 0. The Hall–Kier alpha value is -6.98. The third-order valence-corrected chi connectivity index (χ3v) is 10.2. The molecule has 53 heavy (non-hydrogen) atoms. The predicted octanol–water partition coefficient (Wildman–Crippen LogP) is 11.5. The van der Waals surface area contributed by atoms with E-state index < -0.39 is 0 Å². The van der Waals surface area contributed by atoms with Crippen molar-refractivity contribution in [3.8, 4) is 39.4 Å². The maximum Gasteiger partial charge on any atom is 0.143 e. The SMILES string of the molecule is Cc1c(/C=C\N)n(-c2ccccc2)c2ccc(-c3cc(-c4ccc5c(c4)c4ccccc4n5-c4ccccc4)cc(OCc4ccccc4)c3N)cc12. The van der Waals surface area contributed by atoms with Gasteiger partial charge in [-0.25, -0.2) is 0 Å². The fourth-order valence-corrected chi connectivity index (χ4v) is 7.67. The number of nitrogen functional groups attached to an aromatic ring is 1. The second-order valence-electron chi connectivity index (χ2n) is 13.4. The van der Waals surface area contributed by atoms with Crippen LogP contribution in [0.4, 0.5) is 5.69 Å². The molecule has 0 radical (unpaired) electrons. The molecule has 5 nitrogen and oxygen atoms in total. The molecule has 0 saturated carbocycles. The van der Waals surface area contributed by atoms with Gasteiger partial charge in [-0.05, 0) is 114 Å². The van der Waals surface area contributed by atoms with Crippen LogP contribution in [0, 0.1) is 6.92 Å². The van der Waals surface area contributed by atoms with Crippen LogP contribution in [0.2, 0.25) is 0 Å². The molecule has 9 aromatic rings. The van der Waals surface area contributed by atoms with Crippen LogP contribution in [0.1, 0.15) is 16.8 Å². The van der Waals surface area contributed by atoms with Crippen LogP contribution in [-0.4, -0.2) is 9.13 Å². The first kappa shape index (κ1) is 32.0. The minimum atomic E-state index is 0.407. The van der Waals surface area contributed by atoms with Gasteiger partial charge in [-0.1, -0.05) is 97.1 Å². The second kappa shape index (κ2) is 13.3. The van der Waals surface area contributed by atoms with Crippen LogP contribution in [0.15, 0.2) is 170 Å². The fourth-order valence-electron chi connectivity index (χ4n) is 7.67. The summed E-state index contributed by atoms with van der Waals surface area (Å²) in [4.78, 5) is 0. The van der Waals surface area contributed by atoms with Gasteiger partial charge >= 0.3 is 0 Å². The van der Waals surface area contributed by atoms with E-state index in [2.05, 4.69) is 156 Å². The number of nitrogens with two attached hydrogens (primary N) is 2. The van der Waals surface area contributed by atoms with Crippen LogP contribution in [0.5, 0.6) is 5.75 Å². The van der Waals surface area contributed by atoms with Crippen molar-refractivity contribution in [2.45, 2.75) is 13.5 Å². The Balaban J connectivity index is 1.23. The van der Waals surface area contributed by atoms with E-state index >= 15 is 0 Å². The van der Waals surface area contributed by atoms with Crippen LogP contribution < -0.4 is 16.2 Å². The highest BCUT2D eigenvalue weighted by Gasteiger charge is 2.19. The number of benzene rings is 7. The fraction of sp³-hybridized carbons (Fsp3) is 0.0417. The Morgan fingerprint density at radius 3 is 1.85 bits per heavy atom. The number of anilines is 1. The first-order valence-electron chi connectivity index (χ1n) is 17.9. The lowest BCUT2D eigenvalue weighted by atomic mass is 9.95. The van der Waals surface area contributed by atoms with E-state index in [1.54, 1.807) is 6.20 Å². The van der Waals surface area contributed by atoms with Crippen molar-refractivity contribution in [1.82, 2.24) is 9.13 Å². The van der Waals surface area contributed by atoms with E-state index in [-0.39, 0.29) is 0 Å². The summed E-state index contributed by atoms with van der Waals surface area (Å²) < 4.78 is 11.1. The zero-order valence-electron chi connectivity index (χ0n) is 29.4. The lowest BCUT2D eigenvalue weighted by Gasteiger charge is -2.17. The van der Waals surface area contributed by atoms with E-state index in [4.69, 9.17) is 16.2 Å². The molecule has 256 valence electrons. The van der Waals surface area contributed by atoms with Gasteiger partial charge in [0.2, 0.25) is 0 Å². The van der Waals surface area contributed by atoms with Crippen LogP contribution in [0.25, 0.3) is 72.4 Å². The molecule has 5 heteroatoms. The molecule has 0 aliphatic heterocycles. The number of aryl methyl sites for hydroxylation is 1. The smallest absolute Gasteiger partial charge is 0.143 e. The summed E-state index contributed by atoms with van der Waals surface area (Å²) in [6.07, 6.45) is 3.57. The lowest BCUT2D eigenvalue weighted by Crippen LogP contribution is -2.01. The number of nitrogens with zero attached hydrogens (tertiary/aromatic N) is 2. The Labute approximate surface area is 308 Å². The lowest BCUT2D eigenvalue weighted by molar-refractivity contribution is 0.308. The molecule has 9 rings (SSSR count). The summed E-state index contributed by atoms with van der Waals surface area (Å²) in [6.45, 7) is 2.56. The molecule has 0 spiro atoms. The standard InChI is InChI=1S/C48H38N4O/c1-32-40-28-35(22-24-45(40)51(43(32)25-26-49)37-15-7-3-8-16-37)41-29-36(30-47(48(41)50)53-31-33-13-5-2-6-14-33)34-21-23-46-42(27-34)39-19-11-12-20-44(39)52(46)38-17-9-4-10-18-38/h2-30H,31,49-50H2,1H3/b26-25-.